The van der Waals surface area contributed by atoms with Crippen LogP contribution in [0.25, 0.3) is 11.2 Å². The smallest absolute Gasteiger partial charge is 0.475 e. The molecule has 32 heavy (non-hydrogen) atoms. The second kappa shape index (κ2) is 10.7. The Bertz CT molecular complexity index is 1090. The summed E-state index contributed by atoms with van der Waals surface area (Å²) in [5.74, 6) is 3.75. The molecule has 1 aliphatic rings. The molecule has 0 bridgehead atoms. The Kier molecular flexibility index (Phi) is 8.25. The number of piperazine rings is 1. The second-order valence-corrected chi connectivity index (χ2v) is 6.50. The third-order valence-corrected chi connectivity index (χ3v) is 4.34. The quantitative estimate of drug-likeness (QED) is 0.501. The first kappa shape index (κ1) is 24.7. The van der Waals surface area contributed by atoms with E-state index in [2.05, 4.69) is 38.6 Å². The largest absolute Gasteiger partial charge is 0.490 e. The van der Waals surface area contributed by atoms with E-state index in [4.69, 9.17) is 14.6 Å². The maximum absolute atomic E-state index is 12.7. The van der Waals surface area contributed by atoms with E-state index >= 15 is 0 Å². The lowest BCUT2D eigenvalue weighted by atomic mass is 10.3. The lowest BCUT2D eigenvalue weighted by Gasteiger charge is -2.29. The average molecular weight is 456 g/mol. The van der Waals surface area contributed by atoms with Gasteiger partial charge in [-0.25, -0.2) is 9.59 Å². The second-order valence-electron chi connectivity index (χ2n) is 6.50. The molecule has 1 fully saturated rings. The topological polar surface area (TPSA) is 115 Å². The first-order valence-corrected chi connectivity index (χ1v) is 9.48. The first-order valence-electron chi connectivity index (χ1n) is 9.48. The standard InChI is InChI=1S/C17H22N6O2.C2HF3O2/c1-4-6-9-23-13-14(21(3)17(23)24)19-16(25-12-5-2)20-15(13)22-10-7-18-8-11-22;3-2(4,5)1(6)7/h5,18H,2,7-12H2,1,3H3;(H,6,7). The Hall–Kier alpha value is -3.53. The van der Waals surface area contributed by atoms with Crippen molar-refractivity contribution in [2.45, 2.75) is 19.6 Å². The van der Waals surface area contributed by atoms with Crippen LogP contribution in [0.2, 0.25) is 0 Å². The van der Waals surface area contributed by atoms with Gasteiger partial charge in [0.05, 0.1) is 6.54 Å². The number of nitrogens with zero attached hydrogens (tertiary/aromatic N) is 5. The van der Waals surface area contributed by atoms with E-state index in [-0.39, 0.29) is 11.7 Å². The van der Waals surface area contributed by atoms with Crippen molar-refractivity contribution in [2.24, 2.45) is 7.05 Å². The molecule has 0 radical (unpaired) electrons. The van der Waals surface area contributed by atoms with Crippen LogP contribution in [-0.2, 0) is 18.4 Å². The fraction of sp³-hybridized carbons (Fsp3) is 0.474. The fourth-order valence-electron chi connectivity index (χ4n) is 2.85. The summed E-state index contributed by atoms with van der Waals surface area (Å²) >= 11 is 0. The molecule has 1 aliphatic heterocycles. The van der Waals surface area contributed by atoms with Gasteiger partial charge in [0.1, 0.15) is 12.1 Å². The summed E-state index contributed by atoms with van der Waals surface area (Å²) in [5, 5.41) is 10.4. The van der Waals surface area contributed by atoms with Crippen molar-refractivity contribution in [3.63, 3.8) is 0 Å². The van der Waals surface area contributed by atoms with Gasteiger partial charge in [0.2, 0.25) is 0 Å². The van der Waals surface area contributed by atoms with Gasteiger partial charge in [-0.1, -0.05) is 18.6 Å². The molecule has 2 N–H and O–H groups in total. The molecule has 0 atom stereocenters. The number of aliphatic carboxylic acids is 1. The van der Waals surface area contributed by atoms with Crippen LogP contribution in [0.5, 0.6) is 6.01 Å². The predicted octanol–water partition coefficient (Wildman–Crippen LogP) is 0.761. The van der Waals surface area contributed by atoms with Crippen molar-refractivity contribution in [1.82, 2.24) is 24.4 Å². The van der Waals surface area contributed by atoms with E-state index in [9.17, 15) is 18.0 Å². The zero-order chi connectivity index (χ0) is 23.9. The molecule has 0 aliphatic carbocycles. The minimum Gasteiger partial charge on any atom is -0.475 e. The van der Waals surface area contributed by atoms with Crippen molar-refractivity contribution >= 4 is 23.0 Å². The first-order chi connectivity index (χ1) is 15.1. The third kappa shape index (κ3) is 5.79. The Morgan fingerprint density at radius 1 is 1.34 bits per heavy atom. The van der Waals surface area contributed by atoms with E-state index in [1.54, 1.807) is 24.6 Å². The number of carbonyl (C=O) groups is 1. The minimum atomic E-state index is -5.08. The monoisotopic (exact) mass is 456 g/mol. The summed E-state index contributed by atoms with van der Waals surface area (Å²) in [6, 6.07) is 0.246. The number of aromatic nitrogens is 4. The Balaban J connectivity index is 0.000000451. The molecule has 1 saturated heterocycles. The molecule has 0 aromatic carbocycles. The number of alkyl halides is 3. The molecule has 174 valence electrons. The van der Waals surface area contributed by atoms with Crippen LogP contribution < -0.4 is 20.6 Å². The van der Waals surface area contributed by atoms with Gasteiger partial charge in [-0.15, -0.1) is 5.92 Å². The maximum atomic E-state index is 12.7. The summed E-state index contributed by atoms with van der Waals surface area (Å²) in [5.41, 5.74) is 1.08. The number of ether oxygens (including phenoxy) is 1. The SMILES string of the molecule is C=CCOc1nc(N2CCNCC2)c2c(n1)n(C)c(=O)n2CC#CC.O=C(O)C(F)(F)F. The van der Waals surface area contributed by atoms with Gasteiger partial charge < -0.3 is 20.1 Å². The van der Waals surface area contributed by atoms with Gasteiger partial charge in [0.15, 0.2) is 11.5 Å². The van der Waals surface area contributed by atoms with Gasteiger partial charge in [0.25, 0.3) is 0 Å². The third-order valence-electron chi connectivity index (χ3n) is 4.34. The Morgan fingerprint density at radius 3 is 2.50 bits per heavy atom. The lowest BCUT2D eigenvalue weighted by molar-refractivity contribution is -0.192. The molecule has 0 unspecified atom stereocenters. The highest BCUT2D eigenvalue weighted by molar-refractivity contribution is 5.85. The summed E-state index contributed by atoms with van der Waals surface area (Å²) in [7, 11) is 1.70. The van der Waals surface area contributed by atoms with Crippen molar-refractivity contribution in [3.8, 4) is 17.9 Å². The van der Waals surface area contributed by atoms with Crippen LogP contribution >= 0.6 is 0 Å². The van der Waals surface area contributed by atoms with E-state index in [0.29, 0.717) is 30.1 Å². The number of halogens is 3. The van der Waals surface area contributed by atoms with Gasteiger partial charge >= 0.3 is 23.8 Å². The summed E-state index contributed by atoms with van der Waals surface area (Å²) in [6.45, 7) is 9.34. The van der Waals surface area contributed by atoms with E-state index in [0.717, 1.165) is 26.2 Å². The van der Waals surface area contributed by atoms with Gasteiger partial charge in [0, 0.05) is 33.2 Å². The highest BCUT2D eigenvalue weighted by Crippen LogP contribution is 2.26. The van der Waals surface area contributed by atoms with E-state index < -0.39 is 12.1 Å². The van der Waals surface area contributed by atoms with Crippen molar-refractivity contribution in [3.05, 3.63) is 23.1 Å². The average Bonchev–Trinajstić information content (AvgIpc) is 3.00. The Morgan fingerprint density at radius 2 is 1.97 bits per heavy atom. The zero-order valence-corrected chi connectivity index (χ0v) is 17.6. The number of rotatable bonds is 5. The summed E-state index contributed by atoms with van der Waals surface area (Å²) in [4.78, 5) is 32.7. The molecule has 10 nitrogen and oxygen atoms in total. The number of carboxylic acids is 1. The molecule has 13 heteroatoms. The molecule has 3 heterocycles. The van der Waals surface area contributed by atoms with Crippen LogP contribution in [0.3, 0.4) is 0 Å². The van der Waals surface area contributed by atoms with Crippen LogP contribution in [0.15, 0.2) is 17.4 Å². The van der Waals surface area contributed by atoms with Gasteiger partial charge in [-0.2, -0.15) is 23.1 Å². The maximum Gasteiger partial charge on any atom is 0.490 e. The molecule has 0 spiro atoms. The van der Waals surface area contributed by atoms with Gasteiger partial charge in [-0.3, -0.25) is 9.13 Å². The van der Waals surface area contributed by atoms with Crippen molar-refractivity contribution < 1.29 is 27.8 Å². The number of nitrogens with one attached hydrogen (secondary N) is 1. The molecule has 3 rings (SSSR count). The van der Waals surface area contributed by atoms with Crippen molar-refractivity contribution in [2.75, 3.05) is 37.7 Å². The number of aryl methyl sites for hydroxylation is 1. The van der Waals surface area contributed by atoms with Crippen LogP contribution in [0, 0.1) is 11.8 Å². The molecule has 2 aromatic heterocycles. The number of imidazole rings is 1. The number of fused-ring (bicyclic) bond motifs is 1. The number of anilines is 1. The highest BCUT2D eigenvalue weighted by Gasteiger charge is 2.38. The minimum absolute atomic E-state index is 0.163. The fourth-order valence-corrected chi connectivity index (χ4v) is 2.85. The summed E-state index contributed by atoms with van der Waals surface area (Å²) < 4.78 is 40.4. The molecular weight excluding hydrogens is 433 g/mol. The van der Waals surface area contributed by atoms with E-state index in [1.165, 1.54) is 4.57 Å². The van der Waals surface area contributed by atoms with Crippen molar-refractivity contribution in [1.29, 1.82) is 0 Å². The molecule has 0 saturated carbocycles. The number of hydrogen-bond donors (Lipinski definition) is 2. The Labute approximate surface area is 181 Å². The van der Waals surface area contributed by atoms with E-state index in [1.807, 2.05) is 0 Å². The highest BCUT2D eigenvalue weighted by atomic mass is 19.4. The molecular formula is C19H23F3N6O4. The lowest BCUT2D eigenvalue weighted by Crippen LogP contribution is -2.44. The number of carboxylic acid groups (broad SMARTS) is 1. The van der Waals surface area contributed by atoms with Gasteiger partial charge in [-0.05, 0) is 6.92 Å². The number of hydrogen-bond acceptors (Lipinski definition) is 7. The van der Waals surface area contributed by atoms with Crippen LogP contribution in [0.1, 0.15) is 6.92 Å². The van der Waals surface area contributed by atoms with Crippen LogP contribution in [-0.4, -0.2) is 69.1 Å². The van der Waals surface area contributed by atoms with Crippen LogP contribution in [0.4, 0.5) is 19.0 Å². The summed E-state index contributed by atoms with van der Waals surface area (Å²) in [6.07, 6.45) is -3.45. The molecule has 0 amide bonds. The molecule has 2 aromatic rings. The normalized spacial score (nSPS) is 13.6. The zero-order valence-electron chi connectivity index (χ0n) is 17.6. The predicted molar refractivity (Wildman–Crippen MR) is 111 cm³/mol.